The fourth-order valence-electron chi connectivity index (χ4n) is 1.38. The number of hydrogen-bond donors (Lipinski definition) is 2. The van der Waals surface area contributed by atoms with E-state index in [1.165, 1.54) is 11.8 Å². The van der Waals surface area contributed by atoms with Gasteiger partial charge in [0.15, 0.2) is 0 Å². The highest BCUT2D eigenvalue weighted by Crippen LogP contribution is 2.28. The lowest BCUT2D eigenvalue weighted by molar-refractivity contribution is -0.138. The number of ether oxygens (including phenoxy) is 1. The predicted molar refractivity (Wildman–Crippen MR) is 68.8 cm³/mol. The van der Waals surface area contributed by atoms with E-state index < -0.39 is 12.0 Å². The number of hydrogen-bond acceptors (Lipinski definition) is 4. The summed E-state index contributed by atoms with van der Waals surface area (Å²) in [5.41, 5.74) is 0. The molecule has 1 atom stereocenters. The maximum atomic E-state index is 11.0. The van der Waals surface area contributed by atoms with Gasteiger partial charge in [0.25, 0.3) is 0 Å². The van der Waals surface area contributed by atoms with E-state index in [1.54, 1.807) is 7.11 Å². The molecule has 0 amide bonds. The standard InChI is InChI=1S/C12H17NO3S/c1-3-13-9(12(14)15)8-17-11-7-5-4-6-10(11)16-2/h4-7,9,13H,3,8H2,1-2H3,(H,14,15). The predicted octanol–water partition coefficient (Wildman–Crippen LogP) is 1.85. The lowest BCUT2D eigenvalue weighted by Crippen LogP contribution is -2.38. The Labute approximate surface area is 105 Å². The molecule has 0 aliphatic carbocycles. The minimum absolute atomic E-state index is 0.476. The Morgan fingerprint density at radius 2 is 2.24 bits per heavy atom. The van der Waals surface area contributed by atoms with Gasteiger partial charge in [-0.25, -0.2) is 0 Å². The maximum Gasteiger partial charge on any atom is 0.321 e. The largest absolute Gasteiger partial charge is 0.496 e. The molecule has 2 N–H and O–H groups in total. The number of methoxy groups -OCH3 is 1. The number of carbonyl (C=O) groups is 1. The van der Waals surface area contributed by atoms with Crippen molar-refractivity contribution in [2.75, 3.05) is 19.4 Å². The third-order valence-electron chi connectivity index (χ3n) is 2.22. The van der Waals surface area contributed by atoms with Gasteiger partial charge in [-0.2, -0.15) is 0 Å². The summed E-state index contributed by atoms with van der Waals surface area (Å²) in [5.74, 6) is 0.427. The average molecular weight is 255 g/mol. The molecule has 94 valence electrons. The Hall–Kier alpha value is -1.20. The summed E-state index contributed by atoms with van der Waals surface area (Å²) < 4.78 is 5.21. The highest BCUT2D eigenvalue weighted by molar-refractivity contribution is 7.99. The average Bonchev–Trinajstić information content (AvgIpc) is 2.34. The highest BCUT2D eigenvalue weighted by atomic mass is 32.2. The molecule has 5 heteroatoms. The second-order valence-electron chi connectivity index (χ2n) is 3.41. The van der Waals surface area contributed by atoms with E-state index in [2.05, 4.69) is 5.32 Å². The van der Waals surface area contributed by atoms with Gasteiger partial charge in [0.05, 0.1) is 7.11 Å². The molecular weight excluding hydrogens is 238 g/mol. The van der Waals surface area contributed by atoms with Crippen LogP contribution in [0.3, 0.4) is 0 Å². The normalized spacial score (nSPS) is 12.1. The van der Waals surface area contributed by atoms with Crippen LogP contribution in [0.4, 0.5) is 0 Å². The van der Waals surface area contributed by atoms with Crippen LogP contribution in [0.25, 0.3) is 0 Å². The molecule has 1 unspecified atom stereocenters. The second kappa shape index (κ2) is 7.19. The van der Waals surface area contributed by atoms with Crippen LogP contribution in [-0.4, -0.2) is 36.5 Å². The Balaban J connectivity index is 2.61. The lowest BCUT2D eigenvalue weighted by Gasteiger charge is -2.13. The summed E-state index contributed by atoms with van der Waals surface area (Å²) in [6.07, 6.45) is 0. The van der Waals surface area contributed by atoms with Crippen LogP contribution >= 0.6 is 11.8 Å². The van der Waals surface area contributed by atoms with Crippen LogP contribution in [0.2, 0.25) is 0 Å². The van der Waals surface area contributed by atoms with E-state index in [9.17, 15) is 4.79 Å². The van der Waals surface area contributed by atoms with Crippen LogP contribution in [0.5, 0.6) is 5.75 Å². The van der Waals surface area contributed by atoms with E-state index in [0.29, 0.717) is 12.3 Å². The summed E-state index contributed by atoms with van der Waals surface area (Å²) in [7, 11) is 1.61. The number of rotatable bonds is 7. The molecule has 1 rings (SSSR count). The number of thioether (sulfide) groups is 1. The maximum absolute atomic E-state index is 11.0. The molecule has 0 fully saturated rings. The third-order valence-corrected chi connectivity index (χ3v) is 3.37. The van der Waals surface area contributed by atoms with Gasteiger partial charge in [-0.05, 0) is 18.7 Å². The number of aliphatic carboxylic acids is 1. The van der Waals surface area contributed by atoms with Crippen molar-refractivity contribution in [2.45, 2.75) is 17.9 Å². The van der Waals surface area contributed by atoms with Crippen molar-refractivity contribution >= 4 is 17.7 Å². The molecular formula is C12H17NO3S. The highest BCUT2D eigenvalue weighted by Gasteiger charge is 2.16. The van der Waals surface area contributed by atoms with Gasteiger partial charge in [0.2, 0.25) is 0 Å². The smallest absolute Gasteiger partial charge is 0.321 e. The first-order chi connectivity index (χ1) is 8.19. The molecule has 0 aliphatic heterocycles. The topological polar surface area (TPSA) is 58.6 Å². The molecule has 17 heavy (non-hydrogen) atoms. The van der Waals surface area contributed by atoms with E-state index in [1.807, 2.05) is 31.2 Å². The zero-order valence-electron chi connectivity index (χ0n) is 9.97. The van der Waals surface area contributed by atoms with Crippen molar-refractivity contribution in [1.29, 1.82) is 0 Å². The Bertz CT molecular complexity index is 371. The van der Waals surface area contributed by atoms with Crippen molar-refractivity contribution in [3.8, 4) is 5.75 Å². The SMILES string of the molecule is CCNC(CSc1ccccc1OC)C(=O)O. The first kappa shape index (κ1) is 13.9. The summed E-state index contributed by atoms with van der Waals surface area (Å²) >= 11 is 1.48. The van der Waals surface area contributed by atoms with Crippen LogP contribution in [0.1, 0.15) is 6.92 Å². The first-order valence-corrected chi connectivity index (χ1v) is 6.39. The Morgan fingerprint density at radius 1 is 1.53 bits per heavy atom. The number of carboxylic acid groups (broad SMARTS) is 1. The fourth-order valence-corrected chi connectivity index (χ4v) is 2.45. The molecule has 0 saturated heterocycles. The summed E-state index contributed by atoms with van der Waals surface area (Å²) in [5, 5.41) is 11.9. The zero-order chi connectivity index (χ0) is 12.7. The summed E-state index contributed by atoms with van der Waals surface area (Å²) in [6.45, 7) is 2.53. The van der Waals surface area contributed by atoms with E-state index >= 15 is 0 Å². The van der Waals surface area contributed by atoms with Crippen LogP contribution in [-0.2, 0) is 4.79 Å². The fraction of sp³-hybridized carbons (Fsp3) is 0.417. The molecule has 0 aromatic heterocycles. The number of benzene rings is 1. The Kier molecular flexibility index (Phi) is 5.86. The molecule has 0 aliphatic rings. The Morgan fingerprint density at radius 3 is 2.82 bits per heavy atom. The number of carboxylic acids is 1. The van der Waals surface area contributed by atoms with E-state index in [4.69, 9.17) is 9.84 Å². The molecule has 1 aromatic carbocycles. The quantitative estimate of drug-likeness (QED) is 0.728. The minimum atomic E-state index is -0.825. The van der Waals surface area contributed by atoms with Crippen LogP contribution < -0.4 is 10.1 Å². The van der Waals surface area contributed by atoms with Crippen molar-refractivity contribution < 1.29 is 14.6 Å². The van der Waals surface area contributed by atoms with Gasteiger partial charge in [-0.15, -0.1) is 11.8 Å². The van der Waals surface area contributed by atoms with Gasteiger partial charge >= 0.3 is 5.97 Å². The van der Waals surface area contributed by atoms with Crippen molar-refractivity contribution in [2.24, 2.45) is 0 Å². The van der Waals surface area contributed by atoms with Gasteiger partial charge in [0, 0.05) is 10.6 Å². The van der Waals surface area contributed by atoms with E-state index in [-0.39, 0.29) is 0 Å². The van der Waals surface area contributed by atoms with Crippen molar-refractivity contribution in [3.05, 3.63) is 24.3 Å². The molecule has 0 spiro atoms. The monoisotopic (exact) mass is 255 g/mol. The van der Waals surface area contributed by atoms with Gasteiger partial charge in [-0.3, -0.25) is 4.79 Å². The minimum Gasteiger partial charge on any atom is -0.496 e. The molecule has 4 nitrogen and oxygen atoms in total. The summed E-state index contributed by atoms with van der Waals surface area (Å²) in [4.78, 5) is 11.9. The summed E-state index contributed by atoms with van der Waals surface area (Å²) in [6, 6.07) is 7.06. The molecule has 0 heterocycles. The number of nitrogens with one attached hydrogen (secondary N) is 1. The van der Waals surface area contributed by atoms with Crippen LogP contribution in [0, 0.1) is 0 Å². The van der Waals surface area contributed by atoms with Gasteiger partial charge in [0.1, 0.15) is 11.8 Å². The molecule has 1 aromatic rings. The van der Waals surface area contributed by atoms with E-state index in [0.717, 1.165) is 10.6 Å². The van der Waals surface area contributed by atoms with Crippen molar-refractivity contribution in [1.82, 2.24) is 5.32 Å². The number of para-hydroxylation sites is 1. The first-order valence-electron chi connectivity index (χ1n) is 5.41. The zero-order valence-corrected chi connectivity index (χ0v) is 10.8. The van der Waals surface area contributed by atoms with Crippen LogP contribution in [0.15, 0.2) is 29.2 Å². The molecule has 0 radical (unpaired) electrons. The third kappa shape index (κ3) is 4.28. The van der Waals surface area contributed by atoms with Crippen molar-refractivity contribution in [3.63, 3.8) is 0 Å². The molecule has 0 saturated carbocycles. The van der Waals surface area contributed by atoms with Gasteiger partial charge in [-0.1, -0.05) is 19.1 Å². The lowest BCUT2D eigenvalue weighted by atomic mass is 10.3. The van der Waals surface area contributed by atoms with Gasteiger partial charge < -0.3 is 15.2 Å². The second-order valence-corrected chi connectivity index (χ2v) is 4.47. The number of likely N-dealkylation sites (N-methyl/N-ethyl adjacent to an activating group) is 1. The molecule has 0 bridgehead atoms.